The van der Waals surface area contributed by atoms with Gasteiger partial charge in [-0.3, -0.25) is 14.3 Å². The topological polar surface area (TPSA) is 69.1 Å². The first-order valence-corrected chi connectivity index (χ1v) is 10.4. The Hall–Kier alpha value is -3.59. The van der Waals surface area contributed by atoms with Crippen LogP contribution < -0.4 is 15.0 Å². The number of ether oxygens (including phenoxy) is 2. The number of nitrogens with one attached hydrogen (secondary N) is 1. The second-order valence-electron chi connectivity index (χ2n) is 7.48. The fourth-order valence-corrected chi connectivity index (χ4v) is 4.05. The van der Waals surface area contributed by atoms with E-state index in [0.29, 0.717) is 22.7 Å². The minimum absolute atomic E-state index is 0.0556. The molecule has 0 atom stereocenters. The molecule has 0 aliphatic heterocycles. The molecule has 170 valence electrons. The van der Waals surface area contributed by atoms with E-state index in [1.807, 2.05) is 32.0 Å². The molecule has 0 fully saturated rings. The predicted octanol–water partition coefficient (Wildman–Crippen LogP) is 5.68. The molecule has 0 bridgehead atoms. The Morgan fingerprint density at radius 2 is 1.79 bits per heavy atom. The van der Waals surface area contributed by atoms with Crippen LogP contribution in [-0.2, 0) is 0 Å². The lowest BCUT2D eigenvalue weighted by Gasteiger charge is -2.17. The molecule has 0 aliphatic rings. The maximum absolute atomic E-state index is 14.2. The van der Waals surface area contributed by atoms with E-state index < -0.39 is 17.5 Å². The molecule has 0 saturated heterocycles. The molecule has 0 unspecified atom stereocenters. The Morgan fingerprint density at radius 1 is 1.06 bits per heavy atom. The molecule has 33 heavy (non-hydrogen) atoms. The molecule has 1 N–H and O–H groups in total. The van der Waals surface area contributed by atoms with Crippen LogP contribution in [-0.4, -0.2) is 28.8 Å². The molecular weight excluding hydrogens is 448 g/mol. The van der Waals surface area contributed by atoms with E-state index in [2.05, 4.69) is 9.97 Å². The molecule has 0 spiro atoms. The van der Waals surface area contributed by atoms with Crippen molar-refractivity contribution in [2.75, 3.05) is 14.2 Å². The number of rotatable bonds is 5. The number of nitrogens with zero attached hydrogens (tertiary/aromatic N) is 2. The number of aromatic nitrogens is 3. The highest BCUT2D eigenvalue weighted by molar-refractivity contribution is 7.71. The van der Waals surface area contributed by atoms with Gasteiger partial charge in [-0.05, 0) is 67.5 Å². The van der Waals surface area contributed by atoms with E-state index >= 15 is 0 Å². The van der Waals surface area contributed by atoms with Crippen molar-refractivity contribution in [3.8, 4) is 28.4 Å². The average Bonchev–Trinajstić information content (AvgIpc) is 2.80. The summed E-state index contributed by atoms with van der Waals surface area (Å²) in [5, 5.41) is -0.205. The van der Waals surface area contributed by atoms with Gasteiger partial charge in [0.1, 0.15) is 0 Å². The van der Waals surface area contributed by atoms with Crippen LogP contribution in [0.2, 0.25) is 0 Å². The molecule has 6 nitrogen and oxygen atoms in total. The van der Waals surface area contributed by atoms with Crippen LogP contribution in [0.15, 0.2) is 47.3 Å². The lowest BCUT2D eigenvalue weighted by Crippen LogP contribution is -2.17. The zero-order chi connectivity index (χ0) is 23.9. The van der Waals surface area contributed by atoms with Crippen molar-refractivity contribution in [1.82, 2.24) is 14.5 Å². The first kappa shape index (κ1) is 22.6. The Balaban J connectivity index is 2.14. The zero-order valence-electron chi connectivity index (χ0n) is 18.4. The number of methoxy groups -OCH3 is 2. The number of hydrogen-bond donors (Lipinski definition) is 1. The minimum Gasteiger partial charge on any atom is -0.493 e. The van der Waals surface area contributed by atoms with Gasteiger partial charge in [0.05, 0.1) is 31.0 Å². The van der Waals surface area contributed by atoms with Crippen molar-refractivity contribution in [2.45, 2.75) is 20.3 Å². The van der Waals surface area contributed by atoms with Crippen LogP contribution in [0.3, 0.4) is 0 Å². The molecule has 0 saturated carbocycles. The fraction of sp³-hybridized carbons (Fsp3) is 0.208. The van der Waals surface area contributed by atoms with Crippen LogP contribution in [0, 0.1) is 18.6 Å². The standard InChI is InChI=1S/C24H21F2N3O3S/c1-12-6-5-7-17(13(12)2)29-22-20(23(30)28-24(29)33)15(21(25)26)11-16(27-22)14-8-9-18(31-3)19(10-14)32-4/h5-11,21H,1-4H3,(H,28,30,33). The highest BCUT2D eigenvalue weighted by atomic mass is 32.1. The van der Waals surface area contributed by atoms with Crippen LogP contribution >= 0.6 is 12.2 Å². The number of fused-ring (bicyclic) bond motifs is 1. The Bertz CT molecular complexity index is 1500. The lowest BCUT2D eigenvalue weighted by atomic mass is 10.1. The maximum Gasteiger partial charge on any atom is 0.264 e. The Morgan fingerprint density at radius 3 is 2.45 bits per heavy atom. The van der Waals surface area contributed by atoms with Crippen molar-refractivity contribution in [3.05, 3.63) is 74.3 Å². The lowest BCUT2D eigenvalue weighted by molar-refractivity contribution is 0.153. The third-order valence-electron chi connectivity index (χ3n) is 5.62. The first-order chi connectivity index (χ1) is 15.8. The van der Waals surface area contributed by atoms with Gasteiger partial charge in [0.15, 0.2) is 21.9 Å². The van der Waals surface area contributed by atoms with Crippen molar-refractivity contribution in [2.24, 2.45) is 0 Å². The number of alkyl halides is 2. The molecule has 0 amide bonds. The minimum atomic E-state index is -2.90. The second kappa shape index (κ2) is 8.74. The molecule has 9 heteroatoms. The number of hydrogen-bond acceptors (Lipinski definition) is 5. The molecule has 0 radical (unpaired) electrons. The maximum atomic E-state index is 14.2. The summed E-state index contributed by atoms with van der Waals surface area (Å²) in [4.78, 5) is 19.9. The van der Waals surface area contributed by atoms with Crippen LogP contribution in [0.4, 0.5) is 8.78 Å². The van der Waals surface area contributed by atoms with E-state index in [9.17, 15) is 13.6 Å². The number of aromatic amines is 1. The SMILES string of the molecule is COc1ccc(-c2cc(C(F)F)c3c(=O)[nH]c(=S)n(-c4cccc(C)c4C)c3n2)cc1OC. The Labute approximate surface area is 193 Å². The monoisotopic (exact) mass is 469 g/mol. The van der Waals surface area contributed by atoms with E-state index in [4.69, 9.17) is 21.7 Å². The summed E-state index contributed by atoms with van der Waals surface area (Å²) >= 11 is 5.44. The zero-order valence-corrected chi connectivity index (χ0v) is 19.2. The van der Waals surface area contributed by atoms with E-state index in [1.165, 1.54) is 24.9 Å². The molecule has 2 heterocycles. The molecular formula is C24H21F2N3O3S. The van der Waals surface area contributed by atoms with Gasteiger partial charge in [0.25, 0.3) is 12.0 Å². The highest BCUT2D eigenvalue weighted by Gasteiger charge is 2.22. The Kier molecular flexibility index (Phi) is 5.99. The quantitative estimate of drug-likeness (QED) is 0.381. The fourth-order valence-electron chi connectivity index (χ4n) is 3.77. The van der Waals surface area contributed by atoms with Gasteiger partial charge in [-0.2, -0.15) is 0 Å². The molecule has 0 aliphatic carbocycles. The van der Waals surface area contributed by atoms with Crippen LogP contribution in [0.25, 0.3) is 28.0 Å². The largest absolute Gasteiger partial charge is 0.493 e. The molecule has 2 aromatic carbocycles. The number of pyridine rings is 1. The summed E-state index contributed by atoms with van der Waals surface area (Å²) in [6, 6.07) is 11.8. The van der Waals surface area contributed by atoms with Crippen molar-refractivity contribution in [3.63, 3.8) is 0 Å². The summed E-state index contributed by atoms with van der Waals surface area (Å²) in [7, 11) is 2.99. The van der Waals surface area contributed by atoms with Crippen molar-refractivity contribution >= 4 is 23.3 Å². The molecule has 4 aromatic rings. The third kappa shape index (κ3) is 3.89. The summed E-state index contributed by atoms with van der Waals surface area (Å²) in [5.41, 5.74) is 2.21. The van der Waals surface area contributed by atoms with E-state index in [-0.39, 0.29) is 21.5 Å². The van der Waals surface area contributed by atoms with Gasteiger partial charge >= 0.3 is 0 Å². The van der Waals surface area contributed by atoms with E-state index in [1.54, 1.807) is 18.2 Å². The smallest absolute Gasteiger partial charge is 0.264 e. The summed E-state index contributed by atoms with van der Waals surface area (Å²) in [6.07, 6.45) is -2.90. The third-order valence-corrected chi connectivity index (χ3v) is 5.91. The number of H-pyrrole nitrogens is 1. The molecule has 4 rings (SSSR count). The van der Waals surface area contributed by atoms with Crippen LogP contribution in [0.5, 0.6) is 11.5 Å². The van der Waals surface area contributed by atoms with E-state index in [0.717, 1.165) is 11.1 Å². The second-order valence-corrected chi connectivity index (χ2v) is 7.87. The number of benzene rings is 2. The number of halogens is 2. The van der Waals surface area contributed by atoms with Gasteiger partial charge in [0.2, 0.25) is 0 Å². The predicted molar refractivity (Wildman–Crippen MR) is 125 cm³/mol. The molecule has 2 aromatic heterocycles. The van der Waals surface area contributed by atoms with Gasteiger partial charge < -0.3 is 9.47 Å². The summed E-state index contributed by atoms with van der Waals surface area (Å²) < 4.78 is 40.5. The van der Waals surface area contributed by atoms with Crippen molar-refractivity contribution in [1.29, 1.82) is 0 Å². The van der Waals surface area contributed by atoms with Gasteiger partial charge in [-0.15, -0.1) is 0 Å². The summed E-state index contributed by atoms with van der Waals surface area (Å²) in [5.74, 6) is 0.915. The van der Waals surface area contributed by atoms with Gasteiger partial charge in [-0.25, -0.2) is 13.8 Å². The normalized spacial score (nSPS) is 11.2. The highest BCUT2D eigenvalue weighted by Crippen LogP contribution is 2.35. The number of aryl methyl sites for hydroxylation is 1. The average molecular weight is 470 g/mol. The van der Waals surface area contributed by atoms with Crippen molar-refractivity contribution < 1.29 is 18.3 Å². The van der Waals surface area contributed by atoms with Gasteiger partial charge in [0, 0.05) is 11.1 Å². The summed E-state index contributed by atoms with van der Waals surface area (Å²) in [6.45, 7) is 3.83. The van der Waals surface area contributed by atoms with Gasteiger partial charge in [-0.1, -0.05) is 12.1 Å². The van der Waals surface area contributed by atoms with Crippen LogP contribution in [0.1, 0.15) is 23.1 Å². The first-order valence-electron chi connectivity index (χ1n) is 10.0.